The lowest BCUT2D eigenvalue weighted by Crippen LogP contribution is -2.28. The maximum absolute atomic E-state index is 12.5. The molecule has 1 aromatic carbocycles. The first-order valence-corrected chi connectivity index (χ1v) is 6.07. The third kappa shape index (κ3) is 3.16. The molecule has 0 N–H and O–H groups in total. The van der Waals surface area contributed by atoms with Gasteiger partial charge in [-0.25, -0.2) is 0 Å². The molecule has 0 aromatic heterocycles. The molecule has 1 aliphatic heterocycles. The molecule has 0 spiro atoms. The summed E-state index contributed by atoms with van der Waals surface area (Å²) in [5, 5.41) is 0. The number of benzene rings is 1. The molecule has 2 rings (SSSR count). The standard InChI is InChI=1S/C13H17F3N2/c1-17-7-2-8-18(10-9-17)12-5-3-11(4-6-12)13(14,15)16/h3-6H,2,7-10H2,1H3. The number of likely N-dealkylation sites (N-methyl/N-ethyl adjacent to an activating group) is 1. The highest BCUT2D eigenvalue weighted by molar-refractivity contribution is 5.48. The van der Waals surface area contributed by atoms with Gasteiger partial charge in [-0.2, -0.15) is 13.2 Å². The van der Waals surface area contributed by atoms with E-state index in [9.17, 15) is 13.2 Å². The topological polar surface area (TPSA) is 6.48 Å². The van der Waals surface area contributed by atoms with Crippen LogP contribution in [0.15, 0.2) is 24.3 Å². The van der Waals surface area contributed by atoms with E-state index >= 15 is 0 Å². The van der Waals surface area contributed by atoms with Gasteiger partial charge in [-0.1, -0.05) is 0 Å². The van der Waals surface area contributed by atoms with E-state index in [1.54, 1.807) is 12.1 Å². The van der Waals surface area contributed by atoms with Crippen LogP contribution in [0.4, 0.5) is 18.9 Å². The van der Waals surface area contributed by atoms with Crippen LogP contribution in [0.1, 0.15) is 12.0 Å². The second kappa shape index (κ2) is 5.18. The van der Waals surface area contributed by atoms with Gasteiger partial charge in [-0.05, 0) is 44.3 Å². The van der Waals surface area contributed by atoms with Gasteiger partial charge in [-0.15, -0.1) is 0 Å². The van der Waals surface area contributed by atoms with Crippen molar-refractivity contribution >= 4 is 5.69 Å². The molecule has 0 aliphatic carbocycles. The lowest BCUT2D eigenvalue weighted by molar-refractivity contribution is -0.137. The fourth-order valence-corrected chi connectivity index (χ4v) is 2.17. The predicted octanol–water partition coefficient (Wildman–Crippen LogP) is 2.85. The first-order valence-electron chi connectivity index (χ1n) is 6.07. The van der Waals surface area contributed by atoms with Gasteiger partial charge in [0.1, 0.15) is 0 Å². The van der Waals surface area contributed by atoms with Crippen LogP contribution >= 0.6 is 0 Å². The Morgan fingerprint density at radius 2 is 1.61 bits per heavy atom. The number of hydrogen-bond acceptors (Lipinski definition) is 2. The molecule has 100 valence electrons. The lowest BCUT2D eigenvalue weighted by atomic mass is 10.2. The molecule has 18 heavy (non-hydrogen) atoms. The molecule has 1 fully saturated rings. The van der Waals surface area contributed by atoms with E-state index in [2.05, 4.69) is 16.8 Å². The van der Waals surface area contributed by atoms with Crippen molar-refractivity contribution in [2.75, 3.05) is 38.1 Å². The summed E-state index contributed by atoms with van der Waals surface area (Å²) in [5.41, 5.74) is 0.288. The Morgan fingerprint density at radius 3 is 2.22 bits per heavy atom. The molecule has 0 atom stereocenters. The third-order valence-corrected chi connectivity index (χ3v) is 3.28. The Balaban J connectivity index is 2.09. The highest BCUT2D eigenvalue weighted by Crippen LogP contribution is 2.30. The van der Waals surface area contributed by atoms with Crippen LogP contribution in [0, 0.1) is 0 Å². The highest BCUT2D eigenvalue weighted by Gasteiger charge is 2.30. The second-order valence-corrected chi connectivity index (χ2v) is 4.69. The van der Waals surface area contributed by atoms with Gasteiger partial charge in [0.05, 0.1) is 5.56 Å². The zero-order valence-electron chi connectivity index (χ0n) is 10.4. The first-order chi connectivity index (χ1) is 8.47. The fourth-order valence-electron chi connectivity index (χ4n) is 2.17. The predicted molar refractivity (Wildman–Crippen MR) is 65.8 cm³/mol. The maximum atomic E-state index is 12.5. The van der Waals surface area contributed by atoms with Gasteiger partial charge in [-0.3, -0.25) is 0 Å². The zero-order chi connectivity index (χ0) is 13.2. The molecular formula is C13H17F3N2. The van der Waals surface area contributed by atoms with Crippen LogP contribution in [-0.4, -0.2) is 38.1 Å². The van der Waals surface area contributed by atoms with Gasteiger partial charge in [0.25, 0.3) is 0 Å². The van der Waals surface area contributed by atoms with Gasteiger partial charge >= 0.3 is 6.18 Å². The summed E-state index contributed by atoms with van der Waals surface area (Å²) in [7, 11) is 2.07. The van der Waals surface area contributed by atoms with Crippen LogP contribution in [0.5, 0.6) is 0 Å². The van der Waals surface area contributed by atoms with E-state index in [-0.39, 0.29) is 0 Å². The van der Waals surface area contributed by atoms with Gasteiger partial charge < -0.3 is 9.80 Å². The number of rotatable bonds is 1. The number of nitrogens with zero attached hydrogens (tertiary/aromatic N) is 2. The van der Waals surface area contributed by atoms with Crippen molar-refractivity contribution in [2.24, 2.45) is 0 Å². The molecule has 0 saturated carbocycles. The molecule has 1 aromatic rings. The van der Waals surface area contributed by atoms with Crippen molar-refractivity contribution in [2.45, 2.75) is 12.6 Å². The highest BCUT2D eigenvalue weighted by atomic mass is 19.4. The molecule has 1 saturated heterocycles. The van der Waals surface area contributed by atoms with Crippen molar-refractivity contribution in [3.8, 4) is 0 Å². The van der Waals surface area contributed by atoms with Gasteiger partial charge in [0, 0.05) is 25.3 Å². The zero-order valence-corrected chi connectivity index (χ0v) is 10.4. The molecule has 0 bridgehead atoms. The van der Waals surface area contributed by atoms with E-state index < -0.39 is 11.7 Å². The molecule has 0 amide bonds. The third-order valence-electron chi connectivity index (χ3n) is 3.28. The molecule has 2 nitrogen and oxygen atoms in total. The molecular weight excluding hydrogens is 241 g/mol. The fraction of sp³-hybridized carbons (Fsp3) is 0.538. The van der Waals surface area contributed by atoms with Gasteiger partial charge in [0.15, 0.2) is 0 Å². The molecule has 0 radical (unpaired) electrons. The van der Waals surface area contributed by atoms with Crippen LogP contribution < -0.4 is 4.90 Å². The van der Waals surface area contributed by atoms with E-state index in [1.165, 1.54) is 0 Å². The van der Waals surface area contributed by atoms with Crippen LogP contribution in [0.25, 0.3) is 0 Å². The van der Waals surface area contributed by atoms with E-state index in [4.69, 9.17) is 0 Å². The van der Waals surface area contributed by atoms with Crippen LogP contribution in [0.2, 0.25) is 0 Å². The Morgan fingerprint density at radius 1 is 0.944 bits per heavy atom. The Labute approximate surface area is 105 Å². The van der Waals surface area contributed by atoms with Crippen molar-refractivity contribution in [1.82, 2.24) is 4.90 Å². The minimum absolute atomic E-state index is 0.585. The summed E-state index contributed by atoms with van der Waals surface area (Å²) in [4.78, 5) is 4.38. The number of anilines is 1. The number of hydrogen-bond donors (Lipinski definition) is 0. The van der Waals surface area contributed by atoms with Crippen LogP contribution in [-0.2, 0) is 6.18 Å². The number of alkyl halides is 3. The van der Waals surface area contributed by atoms with Crippen LogP contribution in [0.3, 0.4) is 0 Å². The summed E-state index contributed by atoms with van der Waals surface area (Å²) in [6, 6.07) is 5.44. The van der Waals surface area contributed by atoms with Crippen molar-refractivity contribution in [3.05, 3.63) is 29.8 Å². The summed E-state index contributed by atoms with van der Waals surface area (Å²) < 4.78 is 37.4. The SMILES string of the molecule is CN1CCCN(c2ccc(C(F)(F)F)cc2)CC1. The van der Waals surface area contributed by atoms with Crippen molar-refractivity contribution in [3.63, 3.8) is 0 Å². The number of halogens is 3. The summed E-state index contributed by atoms with van der Waals surface area (Å²) >= 11 is 0. The van der Waals surface area contributed by atoms with E-state index in [0.717, 1.165) is 50.4 Å². The maximum Gasteiger partial charge on any atom is 0.416 e. The summed E-state index contributed by atoms with van der Waals surface area (Å²) in [5.74, 6) is 0. The Bertz CT molecular complexity index is 386. The normalized spacial score (nSPS) is 18.8. The largest absolute Gasteiger partial charge is 0.416 e. The Hall–Kier alpha value is -1.23. The quantitative estimate of drug-likeness (QED) is 0.764. The second-order valence-electron chi connectivity index (χ2n) is 4.69. The minimum Gasteiger partial charge on any atom is -0.370 e. The molecule has 1 heterocycles. The Kier molecular flexibility index (Phi) is 3.80. The molecule has 0 unspecified atom stereocenters. The minimum atomic E-state index is -4.25. The average molecular weight is 258 g/mol. The first kappa shape index (κ1) is 13.2. The summed E-state index contributed by atoms with van der Waals surface area (Å²) in [6.45, 7) is 3.75. The molecule has 5 heteroatoms. The summed E-state index contributed by atoms with van der Waals surface area (Å²) in [6.07, 6.45) is -3.21. The average Bonchev–Trinajstić information content (AvgIpc) is 2.53. The van der Waals surface area contributed by atoms with Gasteiger partial charge in [0.2, 0.25) is 0 Å². The lowest BCUT2D eigenvalue weighted by Gasteiger charge is -2.23. The monoisotopic (exact) mass is 258 g/mol. The van der Waals surface area contributed by atoms with Crippen molar-refractivity contribution in [1.29, 1.82) is 0 Å². The van der Waals surface area contributed by atoms with E-state index in [1.807, 2.05) is 0 Å². The smallest absolute Gasteiger partial charge is 0.370 e. The molecule has 1 aliphatic rings. The van der Waals surface area contributed by atoms with E-state index in [0.29, 0.717) is 0 Å². The van der Waals surface area contributed by atoms with Crippen molar-refractivity contribution < 1.29 is 13.2 Å².